The molecule has 2 rings (SSSR count). The molecule has 0 saturated carbocycles. The summed E-state index contributed by atoms with van der Waals surface area (Å²) in [6.07, 6.45) is 1.63. The molecule has 0 heterocycles. The zero-order chi connectivity index (χ0) is 14.5. The van der Waals surface area contributed by atoms with Crippen LogP contribution in [0.1, 0.15) is 37.0 Å². The third-order valence-corrected chi connectivity index (χ3v) is 3.64. The average Bonchev–Trinajstić information content (AvgIpc) is 2.48. The van der Waals surface area contributed by atoms with Crippen molar-refractivity contribution in [2.45, 2.75) is 26.7 Å². The Labute approximate surface area is 120 Å². The van der Waals surface area contributed by atoms with Crippen LogP contribution in [0.15, 0.2) is 48.5 Å². The van der Waals surface area contributed by atoms with Crippen molar-refractivity contribution < 1.29 is 9.90 Å². The summed E-state index contributed by atoms with van der Waals surface area (Å²) in [5.41, 5.74) is 2.85. The maximum Gasteiger partial charge on any atom is 0.163 e. The fourth-order valence-electron chi connectivity index (χ4n) is 2.08. The van der Waals surface area contributed by atoms with Crippen LogP contribution in [0.2, 0.25) is 0 Å². The van der Waals surface area contributed by atoms with E-state index < -0.39 is 0 Å². The molecular weight excluding hydrogens is 248 g/mol. The maximum atomic E-state index is 12.1. The van der Waals surface area contributed by atoms with Crippen LogP contribution >= 0.6 is 0 Å². The van der Waals surface area contributed by atoms with Gasteiger partial charge in [0.05, 0.1) is 0 Å². The van der Waals surface area contributed by atoms with Crippen LogP contribution < -0.4 is 0 Å². The Balaban J connectivity index is 2.14. The fourth-order valence-corrected chi connectivity index (χ4v) is 2.08. The molecule has 1 N–H and O–H groups in total. The minimum Gasteiger partial charge on any atom is -0.508 e. The van der Waals surface area contributed by atoms with Crippen LogP contribution in [-0.4, -0.2) is 10.9 Å². The Morgan fingerprint density at radius 1 is 1.00 bits per heavy atom. The Hall–Kier alpha value is -2.09. The van der Waals surface area contributed by atoms with Gasteiger partial charge in [0, 0.05) is 12.0 Å². The second-order valence-electron chi connectivity index (χ2n) is 5.26. The molecule has 104 valence electrons. The highest BCUT2D eigenvalue weighted by Gasteiger charge is 2.10. The topological polar surface area (TPSA) is 37.3 Å². The molecule has 0 aliphatic heterocycles. The van der Waals surface area contributed by atoms with Crippen molar-refractivity contribution in [3.8, 4) is 16.9 Å². The van der Waals surface area contributed by atoms with Crippen molar-refractivity contribution >= 4 is 5.78 Å². The van der Waals surface area contributed by atoms with E-state index in [9.17, 15) is 9.90 Å². The number of aromatic hydroxyl groups is 1. The predicted molar refractivity (Wildman–Crippen MR) is 81.9 cm³/mol. The first-order valence-electron chi connectivity index (χ1n) is 7.02. The summed E-state index contributed by atoms with van der Waals surface area (Å²) in [5, 5.41) is 9.28. The van der Waals surface area contributed by atoms with Crippen LogP contribution in [0.3, 0.4) is 0 Å². The number of benzene rings is 2. The number of rotatable bonds is 5. The van der Waals surface area contributed by atoms with Gasteiger partial charge in [-0.25, -0.2) is 0 Å². The van der Waals surface area contributed by atoms with Gasteiger partial charge in [0.1, 0.15) is 5.75 Å². The van der Waals surface area contributed by atoms with E-state index >= 15 is 0 Å². The molecule has 0 amide bonds. The van der Waals surface area contributed by atoms with Gasteiger partial charge in [-0.1, -0.05) is 56.7 Å². The van der Waals surface area contributed by atoms with Gasteiger partial charge in [-0.3, -0.25) is 4.79 Å². The Kier molecular flexibility index (Phi) is 4.57. The lowest BCUT2D eigenvalue weighted by Gasteiger charge is -2.08. The first-order chi connectivity index (χ1) is 9.60. The average molecular weight is 268 g/mol. The SMILES string of the molecule is CCC(C)CC(=O)c1ccc(-c2ccc(O)cc2)cc1. The molecule has 2 aromatic rings. The van der Waals surface area contributed by atoms with Crippen LogP contribution in [0.4, 0.5) is 0 Å². The molecule has 0 aromatic heterocycles. The molecule has 0 aliphatic carbocycles. The number of carbonyl (C=O) groups is 1. The fraction of sp³-hybridized carbons (Fsp3) is 0.278. The third kappa shape index (κ3) is 3.47. The third-order valence-electron chi connectivity index (χ3n) is 3.64. The zero-order valence-electron chi connectivity index (χ0n) is 12.0. The second-order valence-corrected chi connectivity index (χ2v) is 5.26. The van der Waals surface area contributed by atoms with Gasteiger partial charge < -0.3 is 5.11 Å². The van der Waals surface area contributed by atoms with Gasteiger partial charge in [-0.2, -0.15) is 0 Å². The zero-order valence-corrected chi connectivity index (χ0v) is 12.0. The monoisotopic (exact) mass is 268 g/mol. The van der Waals surface area contributed by atoms with Gasteiger partial charge in [-0.05, 0) is 29.2 Å². The van der Waals surface area contributed by atoms with Crippen molar-refractivity contribution in [1.82, 2.24) is 0 Å². The molecule has 2 nitrogen and oxygen atoms in total. The molecule has 0 radical (unpaired) electrons. The van der Waals surface area contributed by atoms with Crippen LogP contribution in [0.5, 0.6) is 5.75 Å². The summed E-state index contributed by atoms with van der Waals surface area (Å²) in [7, 11) is 0. The Bertz CT molecular complexity index is 567. The number of ketones is 1. The molecular formula is C18H20O2. The first kappa shape index (κ1) is 14.3. The highest BCUT2D eigenvalue weighted by Crippen LogP contribution is 2.23. The summed E-state index contributed by atoms with van der Waals surface area (Å²) in [6, 6.07) is 14.7. The molecule has 1 unspecified atom stereocenters. The van der Waals surface area contributed by atoms with Crippen molar-refractivity contribution in [1.29, 1.82) is 0 Å². The second kappa shape index (κ2) is 6.38. The van der Waals surface area contributed by atoms with E-state index in [1.807, 2.05) is 36.4 Å². The molecule has 0 fully saturated rings. The molecule has 0 aliphatic rings. The van der Waals surface area contributed by atoms with Gasteiger partial charge in [-0.15, -0.1) is 0 Å². The molecule has 0 saturated heterocycles. The summed E-state index contributed by atoms with van der Waals surface area (Å²) in [4.78, 5) is 12.1. The molecule has 20 heavy (non-hydrogen) atoms. The number of phenols is 1. The summed E-state index contributed by atoms with van der Waals surface area (Å²) in [5.74, 6) is 0.894. The number of phenolic OH excluding ortho intramolecular Hbond substituents is 1. The van der Waals surface area contributed by atoms with Crippen LogP contribution in [0, 0.1) is 5.92 Å². The lowest BCUT2D eigenvalue weighted by molar-refractivity contribution is 0.0963. The number of carbonyl (C=O) groups excluding carboxylic acids is 1. The molecule has 1 atom stereocenters. The summed E-state index contributed by atoms with van der Waals surface area (Å²) < 4.78 is 0. The smallest absolute Gasteiger partial charge is 0.163 e. The summed E-state index contributed by atoms with van der Waals surface area (Å²) in [6.45, 7) is 4.20. The van der Waals surface area contributed by atoms with Crippen molar-refractivity contribution in [3.05, 3.63) is 54.1 Å². The number of hydrogen-bond acceptors (Lipinski definition) is 2. The maximum absolute atomic E-state index is 12.1. The van der Waals surface area contributed by atoms with E-state index in [0.717, 1.165) is 23.1 Å². The minimum absolute atomic E-state index is 0.205. The van der Waals surface area contributed by atoms with E-state index in [1.165, 1.54) is 0 Å². The highest BCUT2D eigenvalue weighted by atomic mass is 16.3. The minimum atomic E-state index is 0.205. The predicted octanol–water partition coefficient (Wildman–Crippen LogP) is 4.68. The lowest BCUT2D eigenvalue weighted by atomic mass is 9.96. The largest absolute Gasteiger partial charge is 0.508 e. The van der Waals surface area contributed by atoms with Crippen LogP contribution in [0.25, 0.3) is 11.1 Å². The van der Waals surface area contributed by atoms with Gasteiger partial charge >= 0.3 is 0 Å². The standard InChI is InChI=1S/C18H20O2/c1-3-13(2)12-18(20)16-6-4-14(5-7-16)15-8-10-17(19)11-9-15/h4-11,13,19H,3,12H2,1-2H3. The quantitative estimate of drug-likeness (QED) is 0.799. The number of hydrogen-bond donors (Lipinski definition) is 1. The van der Waals surface area contributed by atoms with Gasteiger partial charge in [0.25, 0.3) is 0 Å². The first-order valence-corrected chi connectivity index (χ1v) is 7.02. The normalized spacial score (nSPS) is 12.1. The van der Waals surface area contributed by atoms with E-state index in [-0.39, 0.29) is 11.5 Å². The highest BCUT2D eigenvalue weighted by molar-refractivity contribution is 5.96. The Morgan fingerprint density at radius 3 is 2.00 bits per heavy atom. The van der Waals surface area contributed by atoms with E-state index in [0.29, 0.717) is 12.3 Å². The Morgan fingerprint density at radius 2 is 1.50 bits per heavy atom. The lowest BCUT2D eigenvalue weighted by Crippen LogP contribution is -2.05. The van der Waals surface area contributed by atoms with Crippen molar-refractivity contribution in [3.63, 3.8) is 0 Å². The molecule has 0 spiro atoms. The van der Waals surface area contributed by atoms with Gasteiger partial charge in [0.15, 0.2) is 5.78 Å². The van der Waals surface area contributed by atoms with Crippen molar-refractivity contribution in [2.24, 2.45) is 5.92 Å². The van der Waals surface area contributed by atoms with E-state index in [1.54, 1.807) is 12.1 Å². The molecule has 2 aromatic carbocycles. The van der Waals surface area contributed by atoms with Crippen LogP contribution in [-0.2, 0) is 0 Å². The van der Waals surface area contributed by atoms with E-state index in [2.05, 4.69) is 13.8 Å². The number of Topliss-reactive ketones (excluding diaryl/α,β-unsaturated/α-hetero) is 1. The van der Waals surface area contributed by atoms with Crippen molar-refractivity contribution in [2.75, 3.05) is 0 Å². The van der Waals surface area contributed by atoms with E-state index in [4.69, 9.17) is 0 Å². The summed E-state index contributed by atoms with van der Waals surface area (Å²) >= 11 is 0. The molecule has 2 heteroatoms. The van der Waals surface area contributed by atoms with Gasteiger partial charge in [0.2, 0.25) is 0 Å². The molecule has 0 bridgehead atoms.